The summed E-state index contributed by atoms with van der Waals surface area (Å²) in [6.45, 7) is 4.98. The molecule has 90 valence electrons. The lowest BCUT2D eigenvalue weighted by Gasteiger charge is -2.25. The summed E-state index contributed by atoms with van der Waals surface area (Å²) in [5.41, 5.74) is 0.607. The van der Waals surface area contributed by atoms with E-state index in [1.54, 1.807) is 4.52 Å². The molecule has 1 aliphatic rings. The van der Waals surface area contributed by atoms with Crippen LogP contribution < -0.4 is 10.5 Å². The van der Waals surface area contributed by atoms with Gasteiger partial charge in [0.25, 0.3) is 5.56 Å². The minimum Gasteiger partial charge on any atom is -0.378 e. The second-order valence-corrected chi connectivity index (χ2v) is 4.85. The van der Waals surface area contributed by atoms with E-state index < -0.39 is 0 Å². The molecule has 0 saturated carbocycles. The zero-order valence-corrected chi connectivity index (χ0v) is 10.2. The van der Waals surface area contributed by atoms with Crippen LogP contribution in [0.4, 0.5) is 5.13 Å². The fourth-order valence-electron chi connectivity index (χ4n) is 1.82. The van der Waals surface area contributed by atoms with Crippen molar-refractivity contribution in [1.29, 1.82) is 0 Å². The summed E-state index contributed by atoms with van der Waals surface area (Å²) >= 11 is 1.44. The van der Waals surface area contributed by atoms with Gasteiger partial charge in [0.05, 0.1) is 13.2 Å². The third kappa shape index (κ3) is 1.91. The first-order chi connectivity index (χ1) is 8.24. The van der Waals surface area contributed by atoms with Gasteiger partial charge in [0.2, 0.25) is 10.1 Å². The van der Waals surface area contributed by atoms with Crippen molar-refractivity contribution in [2.45, 2.75) is 6.92 Å². The zero-order valence-electron chi connectivity index (χ0n) is 9.42. The molecule has 0 amide bonds. The van der Waals surface area contributed by atoms with Crippen molar-refractivity contribution >= 4 is 21.4 Å². The summed E-state index contributed by atoms with van der Waals surface area (Å²) in [7, 11) is 0. The normalized spacial score (nSPS) is 16.6. The number of hydrogen-bond donors (Lipinski definition) is 0. The largest absolute Gasteiger partial charge is 0.378 e. The van der Waals surface area contributed by atoms with Crippen LogP contribution in [0.2, 0.25) is 0 Å². The monoisotopic (exact) mass is 252 g/mol. The predicted octanol–water partition coefficient (Wildman–Crippen LogP) is 0.296. The number of aryl methyl sites for hydroxylation is 1. The van der Waals surface area contributed by atoms with Crippen LogP contribution in [0.25, 0.3) is 4.96 Å². The molecule has 2 aromatic rings. The van der Waals surface area contributed by atoms with Crippen LogP contribution in [0.5, 0.6) is 0 Å². The first-order valence-electron chi connectivity index (χ1n) is 5.44. The first kappa shape index (κ1) is 10.7. The van der Waals surface area contributed by atoms with E-state index in [1.807, 2.05) is 6.92 Å². The number of anilines is 1. The van der Waals surface area contributed by atoms with Gasteiger partial charge in [0.15, 0.2) is 0 Å². The van der Waals surface area contributed by atoms with Crippen LogP contribution in [-0.4, -0.2) is 40.9 Å². The van der Waals surface area contributed by atoms with Gasteiger partial charge in [-0.1, -0.05) is 11.3 Å². The van der Waals surface area contributed by atoms with Crippen LogP contribution in [0.1, 0.15) is 5.69 Å². The quantitative estimate of drug-likeness (QED) is 0.730. The van der Waals surface area contributed by atoms with E-state index in [1.165, 1.54) is 17.4 Å². The molecule has 2 aromatic heterocycles. The Morgan fingerprint density at radius 3 is 2.94 bits per heavy atom. The maximum absolute atomic E-state index is 11.3. The maximum Gasteiger partial charge on any atom is 0.274 e. The Morgan fingerprint density at radius 2 is 2.18 bits per heavy atom. The molecule has 0 unspecified atom stereocenters. The highest BCUT2D eigenvalue weighted by molar-refractivity contribution is 7.20. The van der Waals surface area contributed by atoms with E-state index in [2.05, 4.69) is 15.0 Å². The third-order valence-corrected chi connectivity index (χ3v) is 3.67. The van der Waals surface area contributed by atoms with E-state index in [9.17, 15) is 4.79 Å². The molecule has 0 N–H and O–H groups in total. The summed E-state index contributed by atoms with van der Waals surface area (Å²) < 4.78 is 7.02. The number of rotatable bonds is 1. The average molecular weight is 252 g/mol. The number of nitrogens with zero attached hydrogens (tertiary/aromatic N) is 4. The standard InChI is InChI=1S/C10H12N4O2S/c1-7-6-8(15)11-9-14(7)12-10(17-9)13-2-4-16-5-3-13/h6H,2-5H2,1H3. The van der Waals surface area contributed by atoms with Crippen LogP contribution in [0, 0.1) is 6.92 Å². The molecule has 0 spiro atoms. The lowest BCUT2D eigenvalue weighted by atomic mass is 10.4. The molecular formula is C10H12N4O2S. The lowest BCUT2D eigenvalue weighted by Crippen LogP contribution is -2.36. The fourth-order valence-corrected chi connectivity index (χ4v) is 2.83. The maximum atomic E-state index is 11.3. The summed E-state index contributed by atoms with van der Waals surface area (Å²) in [4.78, 5) is 18.1. The molecule has 0 radical (unpaired) electrons. The number of ether oxygens (including phenoxy) is 1. The second-order valence-electron chi connectivity index (χ2n) is 3.91. The fraction of sp³-hybridized carbons (Fsp3) is 0.500. The second kappa shape index (κ2) is 4.08. The molecule has 1 aliphatic heterocycles. The van der Waals surface area contributed by atoms with Gasteiger partial charge in [0.1, 0.15) is 0 Å². The predicted molar refractivity (Wildman–Crippen MR) is 64.9 cm³/mol. The molecular weight excluding hydrogens is 240 g/mol. The molecule has 3 rings (SSSR count). The molecule has 7 heteroatoms. The van der Waals surface area contributed by atoms with Gasteiger partial charge >= 0.3 is 0 Å². The Labute approximate surface area is 101 Å². The molecule has 1 saturated heterocycles. The molecule has 1 fully saturated rings. The highest BCUT2D eigenvalue weighted by atomic mass is 32.1. The zero-order chi connectivity index (χ0) is 11.8. The van der Waals surface area contributed by atoms with Gasteiger partial charge in [0, 0.05) is 24.8 Å². The average Bonchev–Trinajstić information content (AvgIpc) is 2.74. The number of aromatic nitrogens is 3. The molecule has 6 nitrogen and oxygen atoms in total. The topological polar surface area (TPSA) is 59.7 Å². The van der Waals surface area contributed by atoms with Gasteiger partial charge in [-0.2, -0.15) is 4.98 Å². The third-order valence-electron chi connectivity index (χ3n) is 2.70. The number of morpholine rings is 1. The smallest absolute Gasteiger partial charge is 0.274 e. The summed E-state index contributed by atoms with van der Waals surface area (Å²) in [6, 6.07) is 1.50. The van der Waals surface area contributed by atoms with Crippen LogP contribution in [0.15, 0.2) is 10.9 Å². The first-order valence-corrected chi connectivity index (χ1v) is 6.26. The molecule has 0 aromatic carbocycles. The Bertz CT molecular complexity index is 600. The molecule has 17 heavy (non-hydrogen) atoms. The van der Waals surface area contributed by atoms with Crippen molar-refractivity contribution in [2.24, 2.45) is 0 Å². The Balaban J connectivity index is 2.06. The molecule has 3 heterocycles. The van der Waals surface area contributed by atoms with Crippen molar-refractivity contribution in [1.82, 2.24) is 14.6 Å². The Morgan fingerprint density at radius 1 is 1.41 bits per heavy atom. The van der Waals surface area contributed by atoms with Gasteiger partial charge in [-0.3, -0.25) is 4.79 Å². The number of fused-ring (bicyclic) bond motifs is 1. The van der Waals surface area contributed by atoms with E-state index in [4.69, 9.17) is 4.74 Å². The lowest BCUT2D eigenvalue weighted by molar-refractivity contribution is 0.122. The van der Waals surface area contributed by atoms with E-state index in [0.717, 1.165) is 37.1 Å². The highest BCUT2D eigenvalue weighted by Gasteiger charge is 2.16. The Hall–Kier alpha value is -1.47. The van der Waals surface area contributed by atoms with Crippen molar-refractivity contribution in [3.05, 3.63) is 22.1 Å². The van der Waals surface area contributed by atoms with Crippen molar-refractivity contribution in [3.63, 3.8) is 0 Å². The van der Waals surface area contributed by atoms with Gasteiger partial charge < -0.3 is 9.64 Å². The van der Waals surface area contributed by atoms with Gasteiger partial charge in [-0.05, 0) is 6.92 Å². The summed E-state index contributed by atoms with van der Waals surface area (Å²) in [6.07, 6.45) is 0. The minimum atomic E-state index is -0.209. The molecule has 0 bridgehead atoms. The van der Waals surface area contributed by atoms with E-state index in [-0.39, 0.29) is 5.56 Å². The van der Waals surface area contributed by atoms with Crippen molar-refractivity contribution in [3.8, 4) is 0 Å². The van der Waals surface area contributed by atoms with Crippen molar-refractivity contribution in [2.75, 3.05) is 31.2 Å². The molecule has 0 atom stereocenters. The number of hydrogen-bond acceptors (Lipinski definition) is 6. The van der Waals surface area contributed by atoms with Gasteiger partial charge in [-0.15, -0.1) is 5.10 Å². The van der Waals surface area contributed by atoms with Crippen LogP contribution in [0.3, 0.4) is 0 Å². The van der Waals surface area contributed by atoms with E-state index >= 15 is 0 Å². The minimum absolute atomic E-state index is 0.209. The Kier molecular flexibility index (Phi) is 2.56. The van der Waals surface area contributed by atoms with Crippen molar-refractivity contribution < 1.29 is 4.74 Å². The van der Waals surface area contributed by atoms with Gasteiger partial charge in [-0.25, -0.2) is 4.52 Å². The highest BCUT2D eigenvalue weighted by Crippen LogP contribution is 2.22. The molecule has 0 aliphatic carbocycles. The SMILES string of the molecule is Cc1cc(=O)nc2sc(N3CCOCC3)nn12. The van der Waals surface area contributed by atoms with E-state index in [0.29, 0.717) is 4.96 Å². The van der Waals surface area contributed by atoms with Crippen LogP contribution in [-0.2, 0) is 4.74 Å². The van der Waals surface area contributed by atoms with Crippen LogP contribution >= 0.6 is 11.3 Å². The summed E-state index contributed by atoms with van der Waals surface area (Å²) in [5.74, 6) is 0. The summed E-state index contributed by atoms with van der Waals surface area (Å²) in [5, 5.41) is 5.38.